The van der Waals surface area contributed by atoms with Crippen LogP contribution in [-0.2, 0) is 17.6 Å². The minimum atomic E-state index is -0.214. The molecular weight excluding hydrogens is 400 g/mol. The van der Waals surface area contributed by atoms with Crippen LogP contribution in [0.4, 0.5) is 5.69 Å². The number of rotatable bonds is 8. The number of hydrogen-bond acceptors (Lipinski definition) is 3. The Morgan fingerprint density at radius 2 is 1.50 bits per heavy atom. The highest BCUT2D eigenvalue weighted by Crippen LogP contribution is 2.16. The third-order valence-corrected chi connectivity index (χ3v) is 5.01. The van der Waals surface area contributed by atoms with Gasteiger partial charge in [-0.15, -0.1) is 0 Å². The van der Waals surface area contributed by atoms with E-state index in [1.54, 1.807) is 35.1 Å². The lowest BCUT2D eigenvalue weighted by Gasteiger charge is -2.11. The van der Waals surface area contributed by atoms with Crippen LogP contribution in [0.5, 0.6) is 0 Å². The standard InChI is InChI=1S/C26H24N4O2/c31-25(17-21-18-28-30(19-21)22-11-5-2-6-12-22)29-24-14-8-7-13-23(24)26(32)27-16-15-20-9-3-1-4-10-20/h1-14,18-19H,15-17H2,(H,27,32)(H,29,31). The predicted octanol–water partition coefficient (Wildman–Crippen LogP) is 4.03. The van der Waals surface area contributed by atoms with Gasteiger partial charge in [-0.05, 0) is 41.8 Å². The Kier molecular flexibility index (Phi) is 6.72. The average molecular weight is 425 g/mol. The smallest absolute Gasteiger partial charge is 0.253 e. The first kappa shape index (κ1) is 21.1. The van der Waals surface area contributed by atoms with E-state index in [0.717, 1.165) is 23.2 Å². The lowest BCUT2D eigenvalue weighted by molar-refractivity contribution is -0.115. The largest absolute Gasteiger partial charge is 0.352 e. The molecule has 0 radical (unpaired) electrons. The molecule has 0 unspecified atom stereocenters. The van der Waals surface area contributed by atoms with Crippen LogP contribution < -0.4 is 10.6 Å². The van der Waals surface area contributed by atoms with E-state index in [9.17, 15) is 9.59 Å². The van der Waals surface area contributed by atoms with Crippen molar-refractivity contribution in [3.8, 4) is 5.69 Å². The Hall–Kier alpha value is -4.19. The molecule has 0 saturated carbocycles. The molecule has 0 bridgehead atoms. The van der Waals surface area contributed by atoms with Crippen LogP contribution in [0.25, 0.3) is 5.69 Å². The highest BCUT2D eigenvalue weighted by Gasteiger charge is 2.14. The first-order valence-electron chi connectivity index (χ1n) is 10.5. The van der Waals surface area contributed by atoms with Crippen LogP contribution >= 0.6 is 0 Å². The predicted molar refractivity (Wildman–Crippen MR) is 125 cm³/mol. The Bertz CT molecular complexity index is 1190. The van der Waals surface area contributed by atoms with E-state index in [0.29, 0.717) is 17.8 Å². The number of para-hydroxylation sites is 2. The first-order valence-corrected chi connectivity index (χ1v) is 10.5. The molecule has 2 amide bonds. The van der Waals surface area contributed by atoms with Crippen molar-refractivity contribution in [3.63, 3.8) is 0 Å². The summed E-state index contributed by atoms with van der Waals surface area (Å²) in [5, 5.41) is 10.1. The van der Waals surface area contributed by atoms with Crippen LogP contribution in [-0.4, -0.2) is 28.1 Å². The Labute approximate surface area is 186 Å². The number of carbonyl (C=O) groups is 2. The number of carbonyl (C=O) groups excluding carboxylic acids is 2. The fraction of sp³-hybridized carbons (Fsp3) is 0.115. The molecule has 6 heteroatoms. The number of nitrogens with one attached hydrogen (secondary N) is 2. The monoisotopic (exact) mass is 424 g/mol. The molecule has 160 valence electrons. The highest BCUT2D eigenvalue weighted by atomic mass is 16.2. The maximum atomic E-state index is 12.7. The second kappa shape index (κ2) is 10.2. The molecule has 0 aliphatic carbocycles. The third kappa shape index (κ3) is 5.49. The van der Waals surface area contributed by atoms with Crippen LogP contribution in [0.3, 0.4) is 0 Å². The van der Waals surface area contributed by atoms with Gasteiger partial charge in [0.15, 0.2) is 0 Å². The fourth-order valence-corrected chi connectivity index (χ4v) is 3.40. The summed E-state index contributed by atoms with van der Waals surface area (Å²) < 4.78 is 1.73. The maximum absolute atomic E-state index is 12.7. The average Bonchev–Trinajstić information content (AvgIpc) is 3.29. The van der Waals surface area contributed by atoms with Crippen molar-refractivity contribution in [1.29, 1.82) is 0 Å². The number of hydrogen-bond donors (Lipinski definition) is 2. The molecular formula is C26H24N4O2. The molecule has 0 spiro atoms. The SMILES string of the molecule is O=C(Cc1cnn(-c2ccccc2)c1)Nc1ccccc1C(=O)NCCc1ccccc1. The van der Waals surface area contributed by atoms with Crippen molar-refractivity contribution in [2.75, 3.05) is 11.9 Å². The number of anilines is 1. The van der Waals surface area contributed by atoms with Gasteiger partial charge in [-0.25, -0.2) is 4.68 Å². The van der Waals surface area contributed by atoms with E-state index in [2.05, 4.69) is 15.7 Å². The summed E-state index contributed by atoms with van der Waals surface area (Å²) in [6, 6.07) is 26.7. The van der Waals surface area contributed by atoms with Crippen molar-refractivity contribution in [2.24, 2.45) is 0 Å². The van der Waals surface area contributed by atoms with Crippen molar-refractivity contribution in [3.05, 3.63) is 114 Å². The summed E-state index contributed by atoms with van der Waals surface area (Å²) in [6.45, 7) is 0.518. The van der Waals surface area contributed by atoms with Gasteiger partial charge in [0.05, 0.1) is 29.6 Å². The molecule has 0 saturated heterocycles. The summed E-state index contributed by atoms with van der Waals surface area (Å²) in [4.78, 5) is 25.3. The Morgan fingerprint density at radius 3 is 2.28 bits per heavy atom. The molecule has 32 heavy (non-hydrogen) atoms. The maximum Gasteiger partial charge on any atom is 0.253 e. The molecule has 0 atom stereocenters. The van der Waals surface area contributed by atoms with Gasteiger partial charge in [0.1, 0.15) is 0 Å². The summed E-state index contributed by atoms with van der Waals surface area (Å²) in [7, 11) is 0. The Morgan fingerprint density at radius 1 is 0.812 bits per heavy atom. The molecule has 2 N–H and O–H groups in total. The summed E-state index contributed by atoms with van der Waals surface area (Å²) in [5.41, 5.74) is 3.80. The zero-order valence-electron chi connectivity index (χ0n) is 17.6. The quantitative estimate of drug-likeness (QED) is 0.448. The van der Waals surface area contributed by atoms with Crippen molar-refractivity contribution in [1.82, 2.24) is 15.1 Å². The third-order valence-electron chi connectivity index (χ3n) is 5.01. The van der Waals surface area contributed by atoms with E-state index >= 15 is 0 Å². The van der Waals surface area contributed by atoms with E-state index in [1.165, 1.54) is 0 Å². The zero-order valence-corrected chi connectivity index (χ0v) is 17.6. The first-order chi connectivity index (χ1) is 15.7. The molecule has 3 aromatic carbocycles. The molecule has 1 heterocycles. The van der Waals surface area contributed by atoms with Gasteiger partial charge in [-0.3, -0.25) is 9.59 Å². The minimum absolute atomic E-state index is 0.163. The number of aromatic nitrogens is 2. The normalized spacial score (nSPS) is 10.5. The van der Waals surface area contributed by atoms with Crippen molar-refractivity contribution in [2.45, 2.75) is 12.8 Å². The zero-order chi connectivity index (χ0) is 22.2. The lowest BCUT2D eigenvalue weighted by Crippen LogP contribution is -2.27. The number of amides is 2. The van der Waals surface area contributed by atoms with E-state index in [-0.39, 0.29) is 18.2 Å². The molecule has 1 aromatic heterocycles. The topological polar surface area (TPSA) is 76.0 Å². The fourth-order valence-electron chi connectivity index (χ4n) is 3.40. The van der Waals surface area contributed by atoms with Crippen molar-refractivity contribution >= 4 is 17.5 Å². The van der Waals surface area contributed by atoms with Gasteiger partial charge >= 0.3 is 0 Å². The van der Waals surface area contributed by atoms with E-state index in [1.807, 2.05) is 66.9 Å². The number of benzene rings is 3. The second-order valence-electron chi connectivity index (χ2n) is 7.39. The van der Waals surface area contributed by atoms with E-state index < -0.39 is 0 Å². The Balaban J connectivity index is 1.35. The second-order valence-corrected chi connectivity index (χ2v) is 7.39. The van der Waals surface area contributed by atoms with Gasteiger partial charge in [0.25, 0.3) is 5.91 Å². The highest BCUT2D eigenvalue weighted by molar-refractivity contribution is 6.04. The van der Waals surface area contributed by atoms with Gasteiger partial charge in [-0.1, -0.05) is 60.7 Å². The van der Waals surface area contributed by atoms with Crippen LogP contribution in [0, 0.1) is 0 Å². The molecule has 0 aliphatic rings. The summed E-state index contributed by atoms with van der Waals surface area (Å²) >= 11 is 0. The van der Waals surface area contributed by atoms with Crippen molar-refractivity contribution < 1.29 is 9.59 Å². The van der Waals surface area contributed by atoms with Crippen LogP contribution in [0.2, 0.25) is 0 Å². The van der Waals surface area contributed by atoms with Crippen LogP contribution in [0.15, 0.2) is 97.3 Å². The molecule has 4 rings (SSSR count). The summed E-state index contributed by atoms with van der Waals surface area (Å²) in [6.07, 6.45) is 4.41. The minimum Gasteiger partial charge on any atom is -0.352 e. The number of nitrogens with zero attached hydrogens (tertiary/aromatic N) is 2. The van der Waals surface area contributed by atoms with Gasteiger partial charge in [0.2, 0.25) is 5.91 Å². The van der Waals surface area contributed by atoms with Gasteiger partial charge < -0.3 is 10.6 Å². The molecule has 0 fully saturated rings. The van der Waals surface area contributed by atoms with E-state index in [4.69, 9.17) is 0 Å². The van der Waals surface area contributed by atoms with Crippen LogP contribution in [0.1, 0.15) is 21.5 Å². The lowest BCUT2D eigenvalue weighted by atomic mass is 10.1. The summed E-state index contributed by atoms with van der Waals surface area (Å²) in [5.74, 6) is -0.420. The van der Waals surface area contributed by atoms with Gasteiger partial charge in [0, 0.05) is 12.7 Å². The van der Waals surface area contributed by atoms with Gasteiger partial charge in [-0.2, -0.15) is 5.10 Å². The molecule has 6 nitrogen and oxygen atoms in total. The molecule has 0 aliphatic heterocycles. The molecule has 4 aromatic rings.